The highest BCUT2D eigenvalue weighted by molar-refractivity contribution is 5.55. The van der Waals surface area contributed by atoms with Gasteiger partial charge in [-0.05, 0) is 56.1 Å². The van der Waals surface area contributed by atoms with Gasteiger partial charge in [0.15, 0.2) is 5.82 Å². The average molecular weight is 379 g/mol. The highest BCUT2D eigenvalue weighted by Crippen LogP contribution is 2.24. The van der Waals surface area contributed by atoms with Crippen LogP contribution in [0.2, 0.25) is 0 Å². The van der Waals surface area contributed by atoms with Gasteiger partial charge < -0.3 is 14.8 Å². The number of aromatic nitrogens is 4. The molecule has 0 spiro atoms. The fourth-order valence-electron chi connectivity index (χ4n) is 3.84. The topological polar surface area (TPSA) is 66.1 Å². The minimum atomic E-state index is 0.227. The largest absolute Gasteiger partial charge is 0.491 e. The lowest BCUT2D eigenvalue weighted by Crippen LogP contribution is -2.16. The first-order valence-corrected chi connectivity index (χ1v) is 10.0. The third kappa shape index (κ3) is 3.55. The summed E-state index contributed by atoms with van der Waals surface area (Å²) in [6.07, 6.45) is 7.33. The van der Waals surface area contributed by atoms with Gasteiger partial charge in [0.05, 0.1) is 11.8 Å². The summed E-state index contributed by atoms with van der Waals surface area (Å²) in [5.41, 5.74) is 3.15. The minimum absolute atomic E-state index is 0.227. The van der Waals surface area contributed by atoms with E-state index in [1.54, 1.807) is 0 Å². The van der Waals surface area contributed by atoms with Crippen LogP contribution < -0.4 is 10.1 Å². The maximum absolute atomic E-state index is 5.87. The van der Waals surface area contributed by atoms with Gasteiger partial charge in [-0.3, -0.25) is 9.25 Å². The molecule has 7 nitrogen and oxygen atoms in total. The lowest BCUT2D eigenvalue weighted by molar-refractivity contribution is 0.0679. The van der Waals surface area contributed by atoms with E-state index < -0.39 is 0 Å². The lowest BCUT2D eigenvalue weighted by atomic mass is 10.2. The van der Waals surface area contributed by atoms with E-state index in [1.807, 2.05) is 24.5 Å². The number of aryl methyl sites for hydroxylation is 1. The summed E-state index contributed by atoms with van der Waals surface area (Å²) in [5.74, 6) is 1.72. The van der Waals surface area contributed by atoms with Gasteiger partial charge >= 0.3 is 0 Å². The van der Waals surface area contributed by atoms with Crippen molar-refractivity contribution in [2.24, 2.45) is 0 Å². The maximum Gasteiger partial charge on any atom is 0.165 e. The Kier molecular flexibility index (Phi) is 4.85. The van der Waals surface area contributed by atoms with Crippen molar-refractivity contribution in [1.82, 2.24) is 24.6 Å². The molecule has 4 heterocycles. The van der Waals surface area contributed by atoms with Crippen molar-refractivity contribution in [2.45, 2.75) is 38.5 Å². The number of ether oxygens (including phenoxy) is 2. The summed E-state index contributed by atoms with van der Waals surface area (Å²) < 4.78 is 15.6. The Bertz CT molecular complexity index is 901. The van der Waals surface area contributed by atoms with Gasteiger partial charge in [0.2, 0.25) is 0 Å². The molecule has 1 atom stereocenters. The molecular weight excluding hydrogens is 354 g/mol. The van der Waals surface area contributed by atoms with Crippen LogP contribution in [0.5, 0.6) is 5.75 Å². The van der Waals surface area contributed by atoms with E-state index in [-0.39, 0.29) is 6.10 Å². The second-order valence-electron chi connectivity index (χ2n) is 7.34. The van der Waals surface area contributed by atoms with Crippen LogP contribution in [0.3, 0.4) is 0 Å². The molecule has 0 saturated carbocycles. The third-order valence-electron chi connectivity index (χ3n) is 5.34. The number of benzene rings is 1. The van der Waals surface area contributed by atoms with Crippen LogP contribution in [-0.2, 0) is 17.8 Å². The molecule has 0 bridgehead atoms. The molecular formula is C21H25N5O2. The summed E-state index contributed by atoms with van der Waals surface area (Å²) in [5, 5.41) is 8.22. The van der Waals surface area contributed by atoms with E-state index in [4.69, 9.17) is 14.6 Å². The van der Waals surface area contributed by atoms with Crippen molar-refractivity contribution in [1.29, 1.82) is 0 Å². The molecule has 0 aliphatic carbocycles. The predicted molar refractivity (Wildman–Crippen MR) is 106 cm³/mol. The molecule has 1 aromatic carbocycles. The normalized spacial score (nSPS) is 19.4. The zero-order chi connectivity index (χ0) is 18.8. The Morgan fingerprint density at radius 3 is 3.00 bits per heavy atom. The Morgan fingerprint density at radius 1 is 1.21 bits per heavy atom. The van der Waals surface area contributed by atoms with E-state index in [2.05, 4.69) is 37.7 Å². The van der Waals surface area contributed by atoms with E-state index >= 15 is 0 Å². The molecule has 2 aliphatic rings. The Hall–Kier alpha value is -2.64. The van der Waals surface area contributed by atoms with E-state index in [9.17, 15) is 0 Å². The third-order valence-corrected chi connectivity index (χ3v) is 5.34. The Morgan fingerprint density at radius 2 is 2.14 bits per heavy atom. The number of nitrogens with zero attached hydrogens (tertiary/aromatic N) is 4. The van der Waals surface area contributed by atoms with Crippen LogP contribution in [-0.4, -0.2) is 45.2 Å². The summed E-state index contributed by atoms with van der Waals surface area (Å²) in [7, 11) is 0. The first-order valence-electron chi connectivity index (χ1n) is 10.0. The highest BCUT2D eigenvalue weighted by Gasteiger charge is 2.17. The van der Waals surface area contributed by atoms with Crippen molar-refractivity contribution in [3.8, 4) is 23.0 Å². The fourth-order valence-corrected chi connectivity index (χ4v) is 3.84. The van der Waals surface area contributed by atoms with Crippen LogP contribution in [0.1, 0.15) is 25.0 Å². The van der Waals surface area contributed by atoms with E-state index in [0.29, 0.717) is 6.61 Å². The zero-order valence-corrected chi connectivity index (χ0v) is 15.9. The standard InChI is InChI=1S/C21H25N5O2/c1-3-19(27-12-1)15-28-18-6-4-16(5-7-18)25-11-9-23-21(25)20-13-17-14-22-8-2-10-26(17)24-20/h4-7,9,11,13,19,22H,1-3,8,10,12,14-15H2. The summed E-state index contributed by atoms with van der Waals surface area (Å²) >= 11 is 0. The van der Waals surface area contributed by atoms with E-state index in [1.165, 1.54) is 5.69 Å². The first-order chi connectivity index (χ1) is 13.9. The average Bonchev–Trinajstić information content (AvgIpc) is 3.46. The monoisotopic (exact) mass is 379 g/mol. The molecule has 2 aliphatic heterocycles. The van der Waals surface area contributed by atoms with Gasteiger partial charge in [0.25, 0.3) is 0 Å². The fraction of sp³-hybridized carbons (Fsp3) is 0.429. The lowest BCUT2D eigenvalue weighted by Gasteiger charge is -2.12. The van der Waals surface area contributed by atoms with Gasteiger partial charge in [-0.1, -0.05) is 0 Å². The van der Waals surface area contributed by atoms with Gasteiger partial charge in [0.1, 0.15) is 18.1 Å². The smallest absolute Gasteiger partial charge is 0.165 e. The van der Waals surface area contributed by atoms with Crippen LogP contribution in [0, 0.1) is 0 Å². The van der Waals surface area contributed by atoms with Crippen molar-refractivity contribution in [3.63, 3.8) is 0 Å². The molecule has 5 rings (SSSR count). The molecule has 1 N–H and O–H groups in total. The second kappa shape index (κ2) is 7.77. The summed E-state index contributed by atoms with van der Waals surface area (Å²) in [4.78, 5) is 4.56. The predicted octanol–water partition coefficient (Wildman–Crippen LogP) is 2.79. The molecule has 0 radical (unpaired) electrons. The molecule has 1 saturated heterocycles. The molecule has 1 unspecified atom stereocenters. The maximum atomic E-state index is 5.87. The van der Waals surface area contributed by atoms with Gasteiger partial charge in [-0.25, -0.2) is 4.98 Å². The molecule has 7 heteroatoms. The van der Waals surface area contributed by atoms with Crippen LogP contribution >= 0.6 is 0 Å². The summed E-state index contributed by atoms with van der Waals surface area (Å²) in [6, 6.07) is 10.2. The van der Waals surface area contributed by atoms with E-state index in [0.717, 1.165) is 68.5 Å². The number of hydrogen-bond donors (Lipinski definition) is 1. The summed E-state index contributed by atoms with van der Waals surface area (Å²) in [6.45, 7) is 4.30. The SMILES string of the molecule is c1cn(-c2ccc(OCC3CCCO3)cc2)c(-c2cc3n(n2)CCCNC3)n1. The van der Waals surface area contributed by atoms with Crippen molar-refractivity contribution >= 4 is 0 Å². The Balaban J connectivity index is 1.34. The number of rotatable bonds is 5. The quantitative estimate of drug-likeness (QED) is 0.738. The first kappa shape index (κ1) is 17.5. The van der Waals surface area contributed by atoms with Crippen molar-refractivity contribution in [3.05, 3.63) is 48.4 Å². The van der Waals surface area contributed by atoms with Gasteiger partial charge in [-0.2, -0.15) is 5.10 Å². The number of nitrogens with one attached hydrogen (secondary N) is 1. The van der Waals surface area contributed by atoms with Crippen LogP contribution in [0.4, 0.5) is 0 Å². The minimum Gasteiger partial charge on any atom is -0.491 e. The van der Waals surface area contributed by atoms with Crippen LogP contribution in [0.15, 0.2) is 42.7 Å². The number of fused-ring (bicyclic) bond motifs is 1. The van der Waals surface area contributed by atoms with Crippen LogP contribution in [0.25, 0.3) is 17.2 Å². The molecule has 28 heavy (non-hydrogen) atoms. The number of hydrogen-bond acceptors (Lipinski definition) is 5. The molecule has 146 valence electrons. The molecule has 0 amide bonds. The highest BCUT2D eigenvalue weighted by atomic mass is 16.5. The van der Waals surface area contributed by atoms with Gasteiger partial charge in [0, 0.05) is 37.8 Å². The Labute approximate surface area is 164 Å². The second-order valence-corrected chi connectivity index (χ2v) is 7.34. The van der Waals surface area contributed by atoms with Crippen molar-refractivity contribution < 1.29 is 9.47 Å². The zero-order valence-electron chi connectivity index (χ0n) is 15.9. The molecule has 1 fully saturated rings. The molecule has 3 aromatic rings. The van der Waals surface area contributed by atoms with Crippen molar-refractivity contribution in [2.75, 3.05) is 19.8 Å². The molecule has 2 aromatic heterocycles. The number of imidazole rings is 1. The van der Waals surface area contributed by atoms with Gasteiger partial charge in [-0.15, -0.1) is 0 Å².